The zero-order valence-electron chi connectivity index (χ0n) is 11.1. The van der Waals surface area contributed by atoms with Crippen molar-refractivity contribution in [2.45, 2.75) is 26.8 Å². The molecular weight excluding hydrogens is 230 g/mol. The number of nitrogens with one attached hydrogen (secondary N) is 2. The van der Waals surface area contributed by atoms with E-state index < -0.39 is 0 Å². The molecule has 7 nitrogen and oxygen atoms in total. The Bertz CT molecular complexity index is 533. The second kappa shape index (κ2) is 4.77. The fourth-order valence-electron chi connectivity index (χ4n) is 1.79. The van der Waals surface area contributed by atoms with Gasteiger partial charge >= 0.3 is 0 Å². The van der Waals surface area contributed by atoms with E-state index in [4.69, 9.17) is 5.84 Å². The van der Waals surface area contributed by atoms with E-state index in [2.05, 4.69) is 51.3 Å². The third kappa shape index (κ3) is 2.08. The number of rotatable bonds is 4. The molecule has 2 rings (SSSR count). The van der Waals surface area contributed by atoms with E-state index in [0.717, 1.165) is 11.2 Å². The minimum absolute atomic E-state index is 0.351. The maximum absolute atomic E-state index is 5.39. The van der Waals surface area contributed by atoms with E-state index in [1.807, 2.05) is 7.05 Å². The van der Waals surface area contributed by atoms with Gasteiger partial charge in [-0.25, -0.2) is 5.84 Å². The Morgan fingerprint density at radius 1 is 1.33 bits per heavy atom. The zero-order chi connectivity index (χ0) is 13.3. The van der Waals surface area contributed by atoms with Crippen LogP contribution < -0.4 is 16.2 Å². The van der Waals surface area contributed by atoms with Gasteiger partial charge in [0.25, 0.3) is 0 Å². The summed E-state index contributed by atoms with van der Waals surface area (Å²) in [6.45, 7) is 6.52. The molecule has 4 N–H and O–H groups in total. The molecule has 0 bridgehead atoms. The highest BCUT2D eigenvalue weighted by Crippen LogP contribution is 2.25. The number of nitrogens with two attached hydrogens (primary N) is 1. The molecule has 1 atom stereocenters. The number of hydrogen-bond acceptors (Lipinski definition) is 6. The van der Waals surface area contributed by atoms with Crippen molar-refractivity contribution in [1.29, 1.82) is 0 Å². The Balaban J connectivity index is 2.51. The molecule has 0 aliphatic heterocycles. The smallest absolute Gasteiger partial charge is 0.241 e. The summed E-state index contributed by atoms with van der Waals surface area (Å²) in [5, 5.41) is 7.73. The number of hydrazine groups is 1. The molecule has 0 amide bonds. The van der Waals surface area contributed by atoms with E-state index in [-0.39, 0.29) is 0 Å². The van der Waals surface area contributed by atoms with Crippen molar-refractivity contribution in [3.05, 3.63) is 6.20 Å². The molecule has 0 spiro atoms. The fraction of sp³-hybridized carbons (Fsp3) is 0.545. The molecule has 1 unspecified atom stereocenters. The van der Waals surface area contributed by atoms with Crippen molar-refractivity contribution in [2.24, 2.45) is 11.8 Å². The molecule has 0 aromatic carbocycles. The van der Waals surface area contributed by atoms with E-state index in [1.54, 1.807) is 6.20 Å². The first-order chi connectivity index (χ1) is 8.54. The molecule has 98 valence electrons. The molecule has 2 aromatic rings. The van der Waals surface area contributed by atoms with E-state index in [9.17, 15) is 0 Å². The molecule has 0 aliphatic carbocycles. The minimum atomic E-state index is 0.351. The Morgan fingerprint density at radius 3 is 2.67 bits per heavy atom. The Morgan fingerprint density at radius 2 is 2.06 bits per heavy atom. The molecule has 18 heavy (non-hydrogen) atoms. The van der Waals surface area contributed by atoms with Crippen LogP contribution in [0.15, 0.2) is 6.20 Å². The topological polar surface area (TPSA) is 95.8 Å². The SMILES string of the molecule is CC(C)C(C)N(C)c1nc(NN)nc2[nH]ncc12. The maximum atomic E-state index is 5.39. The highest BCUT2D eigenvalue weighted by Gasteiger charge is 2.19. The highest BCUT2D eigenvalue weighted by molar-refractivity contribution is 5.87. The standard InChI is InChI=1S/C11H19N7/c1-6(2)7(3)18(4)10-8-5-13-17-9(8)14-11(15-10)16-12/h5-7H,12H2,1-4H3,(H2,13,14,15,16,17). The van der Waals surface area contributed by atoms with Crippen molar-refractivity contribution in [1.82, 2.24) is 20.2 Å². The van der Waals surface area contributed by atoms with Crippen LogP contribution in [0, 0.1) is 5.92 Å². The number of nitrogens with zero attached hydrogens (tertiary/aromatic N) is 4. The van der Waals surface area contributed by atoms with E-state index in [1.165, 1.54) is 0 Å². The van der Waals surface area contributed by atoms with Gasteiger partial charge in [-0.1, -0.05) is 13.8 Å². The van der Waals surface area contributed by atoms with Gasteiger partial charge in [0.2, 0.25) is 5.95 Å². The summed E-state index contributed by atoms with van der Waals surface area (Å²) in [5.41, 5.74) is 3.15. The van der Waals surface area contributed by atoms with Crippen molar-refractivity contribution in [3.8, 4) is 0 Å². The fourth-order valence-corrected chi connectivity index (χ4v) is 1.79. The zero-order valence-corrected chi connectivity index (χ0v) is 11.1. The van der Waals surface area contributed by atoms with Crippen LogP contribution in [0.3, 0.4) is 0 Å². The summed E-state index contributed by atoms with van der Waals surface area (Å²) in [6.07, 6.45) is 1.73. The van der Waals surface area contributed by atoms with Crippen LogP contribution >= 0.6 is 0 Å². The Kier molecular flexibility index (Phi) is 3.33. The normalized spacial score (nSPS) is 13.0. The van der Waals surface area contributed by atoms with Gasteiger partial charge in [0.1, 0.15) is 5.82 Å². The van der Waals surface area contributed by atoms with Crippen molar-refractivity contribution < 1.29 is 0 Å². The number of anilines is 2. The average molecular weight is 249 g/mol. The summed E-state index contributed by atoms with van der Waals surface area (Å²) in [6, 6.07) is 0.351. The van der Waals surface area contributed by atoms with Crippen LogP contribution in [0.2, 0.25) is 0 Å². The second-order valence-corrected chi connectivity index (χ2v) is 4.74. The van der Waals surface area contributed by atoms with Crippen LogP contribution in [0.5, 0.6) is 0 Å². The van der Waals surface area contributed by atoms with Crippen LogP contribution in [0.4, 0.5) is 11.8 Å². The van der Waals surface area contributed by atoms with Crippen molar-refractivity contribution in [2.75, 3.05) is 17.4 Å². The molecule has 7 heteroatoms. The third-order valence-corrected chi connectivity index (χ3v) is 3.33. The van der Waals surface area contributed by atoms with Crippen LogP contribution in [0.1, 0.15) is 20.8 Å². The summed E-state index contributed by atoms with van der Waals surface area (Å²) in [4.78, 5) is 10.7. The first-order valence-corrected chi connectivity index (χ1v) is 5.95. The van der Waals surface area contributed by atoms with E-state index >= 15 is 0 Å². The lowest BCUT2D eigenvalue weighted by Gasteiger charge is -2.29. The van der Waals surface area contributed by atoms with E-state index in [0.29, 0.717) is 23.6 Å². The average Bonchev–Trinajstić information content (AvgIpc) is 2.83. The largest absolute Gasteiger partial charge is 0.356 e. The van der Waals surface area contributed by atoms with Gasteiger partial charge in [0, 0.05) is 13.1 Å². The number of nitrogen functional groups attached to an aromatic ring is 1. The lowest BCUT2D eigenvalue weighted by atomic mass is 10.1. The summed E-state index contributed by atoms with van der Waals surface area (Å²) in [7, 11) is 2.01. The van der Waals surface area contributed by atoms with Crippen molar-refractivity contribution in [3.63, 3.8) is 0 Å². The third-order valence-electron chi connectivity index (χ3n) is 3.33. The molecule has 0 aliphatic rings. The van der Waals surface area contributed by atoms with Crippen LogP contribution in [0.25, 0.3) is 11.0 Å². The van der Waals surface area contributed by atoms with Gasteiger partial charge in [0.15, 0.2) is 5.65 Å². The first-order valence-electron chi connectivity index (χ1n) is 5.95. The molecule has 0 saturated carbocycles. The quantitative estimate of drug-likeness (QED) is 0.555. The Hall–Kier alpha value is -1.89. The molecule has 0 saturated heterocycles. The molecule has 0 radical (unpaired) electrons. The number of fused-ring (bicyclic) bond motifs is 1. The highest BCUT2D eigenvalue weighted by atomic mass is 15.3. The number of H-pyrrole nitrogens is 1. The number of aromatic amines is 1. The minimum Gasteiger partial charge on any atom is -0.356 e. The predicted octanol–water partition coefficient (Wildman–Crippen LogP) is 1.12. The summed E-state index contributed by atoms with van der Waals surface area (Å²) >= 11 is 0. The van der Waals surface area contributed by atoms with Crippen LogP contribution in [-0.4, -0.2) is 33.3 Å². The van der Waals surface area contributed by atoms with Gasteiger partial charge in [-0.2, -0.15) is 15.1 Å². The summed E-state index contributed by atoms with van der Waals surface area (Å²) < 4.78 is 0. The monoisotopic (exact) mass is 249 g/mol. The van der Waals surface area contributed by atoms with Gasteiger partial charge < -0.3 is 4.90 Å². The number of aromatic nitrogens is 4. The van der Waals surface area contributed by atoms with Crippen molar-refractivity contribution >= 4 is 22.8 Å². The number of hydrogen-bond donors (Lipinski definition) is 3. The van der Waals surface area contributed by atoms with Gasteiger partial charge in [-0.05, 0) is 12.8 Å². The van der Waals surface area contributed by atoms with Gasteiger partial charge in [-0.15, -0.1) is 0 Å². The molecule has 2 aromatic heterocycles. The molecular formula is C11H19N7. The van der Waals surface area contributed by atoms with Gasteiger partial charge in [0.05, 0.1) is 11.6 Å². The first kappa shape index (κ1) is 12.6. The summed E-state index contributed by atoms with van der Waals surface area (Å²) in [5.74, 6) is 7.10. The molecule has 2 heterocycles. The predicted molar refractivity (Wildman–Crippen MR) is 72.2 cm³/mol. The van der Waals surface area contributed by atoms with Gasteiger partial charge in [-0.3, -0.25) is 10.5 Å². The maximum Gasteiger partial charge on any atom is 0.241 e. The second-order valence-electron chi connectivity index (χ2n) is 4.74. The Labute approximate surface area is 106 Å². The van der Waals surface area contributed by atoms with Crippen LogP contribution in [-0.2, 0) is 0 Å². The lowest BCUT2D eigenvalue weighted by molar-refractivity contribution is 0.503. The molecule has 0 fully saturated rings. The lowest BCUT2D eigenvalue weighted by Crippen LogP contribution is -2.34.